The van der Waals surface area contributed by atoms with Crippen LogP contribution in [0.15, 0.2) is 69.5 Å². The molecule has 0 saturated heterocycles. The SMILES string of the molecule is CC(C)=CCCC(C)=CCCC(C)=CCCC(C)=Cc1nnc(-c2cccnc2)o1. The summed E-state index contributed by atoms with van der Waals surface area (Å²) in [5, 5.41) is 8.22. The lowest BCUT2D eigenvalue weighted by Crippen LogP contribution is -1.82. The highest BCUT2D eigenvalue weighted by Crippen LogP contribution is 2.19. The van der Waals surface area contributed by atoms with Gasteiger partial charge in [-0.2, -0.15) is 0 Å². The van der Waals surface area contributed by atoms with Crippen LogP contribution in [0.1, 0.15) is 79.0 Å². The fraction of sp³-hybridized carbons (Fsp3) is 0.423. The maximum absolute atomic E-state index is 5.72. The molecule has 0 unspecified atom stereocenters. The van der Waals surface area contributed by atoms with E-state index in [-0.39, 0.29) is 0 Å². The monoisotopic (exact) mass is 405 g/mol. The largest absolute Gasteiger partial charge is 0.417 e. The van der Waals surface area contributed by atoms with E-state index < -0.39 is 0 Å². The summed E-state index contributed by atoms with van der Waals surface area (Å²) in [5.74, 6) is 1.04. The van der Waals surface area contributed by atoms with Crippen LogP contribution in [0.2, 0.25) is 0 Å². The molecule has 0 radical (unpaired) electrons. The Balaban J connectivity index is 1.75. The van der Waals surface area contributed by atoms with Gasteiger partial charge < -0.3 is 4.42 Å². The average Bonchev–Trinajstić information content (AvgIpc) is 3.17. The summed E-state index contributed by atoms with van der Waals surface area (Å²) in [7, 11) is 0. The Morgan fingerprint density at radius 1 is 0.833 bits per heavy atom. The molecule has 30 heavy (non-hydrogen) atoms. The second-order valence-electron chi connectivity index (χ2n) is 8.18. The fourth-order valence-electron chi connectivity index (χ4n) is 3.07. The molecule has 0 aromatic carbocycles. The highest BCUT2D eigenvalue weighted by Gasteiger charge is 2.06. The molecule has 2 heterocycles. The Morgan fingerprint density at radius 3 is 2.07 bits per heavy atom. The Kier molecular flexibility index (Phi) is 9.99. The molecule has 0 N–H and O–H groups in total. The third-order valence-corrected chi connectivity index (χ3v) is 4.87. The molecule has 160 valence electrons. The van der Waals surface area contributed by atoms with Crippen molar-refractivity contribution in [1.82, 2.24) is 15.2 Å². The smallest absolute Gasteiger partial charge is 0.249 e. The average molecular weight is 406 g/mol. The van der Waals surface area contributed by atoms with Gasteiger partial charge in [-0.05, 0) is 85.3 Å². The molecule has 0 amide bonds. The molecule has 0 fully saturated rings. The van der Waals surface area contributed by atoms with Gasteiger partial charge in [0.05, 0.1) is 5.56 Å². The number of hydrogen-bond donors (Lipinski definition) is 0. The van der Waals surface area contributed by atoms with Gasteiger partial charge in [-0.25, -0.2) is 0 Å². The van der Waals surface area contributed by atoms with Crippen molar-refractivity contribution in [3.8, 4) is 11.5 Å². The van der Waals surface area contributed by atoms with Crippen LogP contribution < -0.4 is 0 Å². The van der Waals surface area contributed by atoms with Gasteiger partial charge in [0.2, 0.25) is 11.8 Å². The fourth-order valence-corrected chi connectivity index (χ4v) is 3.07. The molecule has 4 nitrogen and oxygen atoms in total. The Morgan fingerprint density at radius 2 is 1.47 bits per heavy atom. The zero-order valence-corrected chi connectivity index (χ0v) is 19.1. The van der Waals surface area contributed by atoms with Gasteiger partial charge in [0.25, 0.3) is 0 Å². The second kappa shape index (κ2) is 12.7. The number of pyridine rings is 1. The Hall–Kier alpha value is -2.75. The van der Waals surface area contributed by atoms with Crippen molar-refractivity contribution in [3.05, 3.63) is 70.9 Å². The zero-order valence-electron chi connectivity index (χ0n) is 19.1. The number of hydrogen-bond acceptors (Lipinski definition) is 4. The summed E-state index contributed by atoms with van der Waals surface area (Å²) in [5.41, 5.74) is 6.41. The van der Waals surface area contributed by atoms with Gasteiger partial charge in [0.1, 0.15) is 0 Å². The van der Waals surface area contributed by atoms with E-state index in [0.29, 0.717) is 11.8 Å². The van der Waals surface area contributed by atoms with E-state index in [1.54, 1.807) is 12.4 Å². The van der Waals surface area contributed by atoms with E-state index >= 15 is 0 Å². The Labute approximate surface area is 181 Å². The summed E-state index contributed by atoms with van der Waals surface area (Å²) in [6.45, 7) is 10.9. The summed E-state index contributed by atoms with van der Waals surface area (Å²) in [6, 6.07) is 3.77. The van der Waals surface area contributed by atoms with Gasteiger partial charge in [-0.1, -0.05) is 40.5 Å². The summed E-state index contributed by atoms with van der Waals surface area (Å²) >= 11 is 0. The van der Waals surface area contributed by atoms with Crippen molar-refractivity contribution in [2.45, 2.75) is 73.1 Å². The van der Waals surface area contributed by atoms with Crippen molar-refractivity contribution < 1.29 is 4.42 Å². The van der Waals surface area contributed by atoms with Crippen LogP contribution >= 0.6 is 0 Å². The van der Waals surface area contributed by atoms with E-state index in [4.69, 9.17) is 4.42 Å². The highest BCUT2D eigenvalue weighted by atomic mass is 16.4. The van der Waals surface area contributed by atoms with Gasteiger partial charge in [-0.15, -0.1) is 10.2 Å². The van der Waals surface area contributed by atoms with Crippen LogP contribution in [0.3, 0.4) is 0 Å². The van der Waals surface area contributed by atoms with E-state index in [1.165, 1.54) is 22.3 Å². The van der Waals surface area contributed by atoms with Crippen molar-refractivity contribution in [2.75, 3.05) is 0 Å². The van der Waals surface area contributed by atoms with Crippen molar-refractivity contribution in [1.29, 1.82) is 0 Å². The van der Waals surface area contributed by atoms with E-state index in [9.17, 15) is 0 Å². The van der Waals surface area contributed by atoms with E-state index in [0.717, 1.165) is 44.1 Å². The predicted molar refractivity (Wildman–Crippen MR) is 126 cm³/mol. The first-order chi connectivity index (χ1) is 14.4. The summed E-state index contributed by atoms with van der Waals surface area (Å²) < 4.78 is 5.72. The Bertz CT molecular complexity index is 897. The number of rotatable bonds is 11. The van der Waals surface area contributed by atoms with E-state index in [2.05, 4.69) is 68.0 Å². The lowest BCUT2D eigenvalue weighted by Gasteiger charge is -2.02. The van der Waals surface area contributed by atoms with Gasteiger partial charge in [0, 0.05) is 18.5 Å². The van der Waals surface area contributed by atoms with Crippen molar-refractivity contribution >= 4 is 6.08 Å². The second-order valence-corrected chi connectivity index (χ2v) is 8.18. The molecule has 0 aliphatic rings. The van der Waals surface area contributed by atoms with Gasteiger partial charge in [-0.3, -0.25) is 4.98 Å². The molecular formula is C26H35N3O. The van der Waals surface area contributed by atoms with Crippen LogP contribution in [0.5, 0.6) is 0 Å². The molecule has 0 spiro atoms. The lowest BCUT2D eigenvalue weighted by atomic mass is 10.0. The lowest BCUT2D eigenvalue weighted by molar-refractivity contribution is 0.556. The van der Waals surface area contributed by atoms with Crippen LogP contribution in [-0.2, 0) is 0 Å². The minimum Gasteiger partial charge on any atom is -0.417 e. The maximum atomic E-state index is 5.72. The molecule has 4 heteroatoms. The first-order valence-corrected chi connectivity index (χ1v) is 10.8. The molecule has 0 bridgehead atoms. The summed E-state index contributed by atoms with van der Waals surface area (Å²) in [6.07, 6.45) is 19.0. The van der Waals surface area contributed by atoms with Crippen LogP contribution in [0.25, 0.3) is 17.5 Å². The third kappa shape index (κ3) is 9.17. The van der Waals surface area contributed by atoms with Crippen LogP contribution in [0, 0.1) is 0 Å². The number of aromatic nitrogens is 3. The first-order valence-electron chi connectivity index (χ1n) is 10.8. The molecule has 2 rings (SSSR count). The zero-order chi connectivity index (χ0) is 21.8. The van der Waals surface area contributed by atoms with Gasteiger partial charge >= 0.3 is 0 Å². The standard InChI is InChI=1S/C26H35N3O/c1-20(2)10-6-11-21(3)12-7-13-22(4)14-8-15-23(5)18-25-28-29-26(30-25)24-16-9-17-27-19-24/h9-10,12,14,16-19H,6-8,11,13,15H2,1-5H3. The first kappa shape index (κ1) is 23.5. The van der Waals surface area contributed by atoms with Crippen molar-refractivity contribution in [2.24, 2.45) is 0 Å². The van der Waals surface area contributed by atoms with Crippen LogP contribution in [-0.4, -0.2) is 15.2 Å². The molecule has 0 atom stereocenters. The van der Waals surface area contributed by atoms with Gasteiger partial charge in [0.15, 0.2) is 0 Å². The minimum atomic E-state index is 0.502. The minimum absolute atomic E-state index is 0.502. The molecular weight excluding hydrogens is 370 g/mol. The maximum Gasteiger partial charge on any atom is 0.249 e. The summed E-state index contributed by atoms with van der Waals surface area (Å²) in [4.78, 5) is 4.08. The van der Waals surface area contributed by atoms with Crippen molar-refractivity contribution in [3.63, 3.8) is 0 Å². The molecule has 2 aromatic heterocycles. The molecule has 0 aliphatic carbocycles. The highest BCUT2D eigenvalue weighted by molar-refractivity contribution is 5.52. The topological polar surface area (TPSA) is 51.8 Å². The number of nitrogens with zero attached hydrogens (tertiary/aromatic N) is 3. The molecule has 0 aliphatic heterocycles. The quantitative estimate of drug-likeness (QED) is 0.359. The molecule has 0 saturated carbocycles. The normalized spacial score (nSPS) is 12.9. The third-order valence-electron chi connectivity index (χ3n) is 4.87. The number of allylic oxidation sites excluding steroid dienone is 7. The van der Waals surface area contributed by atoms with Crippen LogP contribution in [0.4, 0.5) is 0 Å². The predicted octanol–water partition coefficient (Wildman–Crippen LogP) is 7.73. The molecule has 2 aromatic rings. The van der Waals surface area contributed by atoms with E-state index in [1.807, 2.05) is 18.2 Å².